The summed E-state index contributed by atoms with van der Waals surface area (Å²) in [6.07, 6.45) is 5.23. The maximum Gasteiger partial charge on any atom is 0.132 e. The molecular formula is C19H14ClFN4. The van der Waals surface area contributed by atoms with Gasteiger partial charge in [0.2, 0.25) is 0 Å². The second-order valence-corrected chi connectivity index (χ2v) is 6.26. The van der Waals surface area contributed by atoms with Crippen LogP contribution in [0.3, 0.4) is 0 Å². The standard InChI is InChI=1S/C19H14ClFN4/c1-11-8-24-18(13-6-12(20)2-3-15(13)21)7-17(11)25-16-4-5-23-19-10-22-9-14(16)19/h2-8,10H,9H2,1H3,(H,23,24,25). The molecule has 4 rings (SSSR count). The molecule has 2 aromatic heterocycles. The number of nitrogens with one attached hydrogen (secondary N) is 1. The normalized spacial score (nSPS) is 12.3. The Hall–Kier alpha value is -2.79. The quantitative estimate of drug-likeness (QED) is 0.727. The van der Waals surface area contributed by atoms with Gasteiger partial charge in [0, 0.05) is 46.1 Å². The van der Waals surface area contributed by atoms with Gasteiger partial charge in [-0.15, -0.1) is 0 Å². The van der Waals surface area contributed by atoms with Crippen molar-refractivity contribution in [2.75, 3.05) is 5.32 Å². The Kier molecular flexibility index (Phi) is 3.93. The summed E-state index contributed by atoms with van der Waals surface area (Å²) < 4.78 is 14.2. The molecule has 0 radical (unpaired) electrons. The predicted octanol–water partition coefficient (Wildman–Crippen LogP) is 4.92. The molecule has 0 saturated heterocycles. The Morgan fingerprint density at radius 1 is 1.12 bits per heavy atom. The molecule has 3 heterocycles. The maximum atomic E-state index is 14.2. The highest BCUT2D eigenvalue weighted by atomic mass is 35.5. The lowest BCUT2D eigenvalue weighted by Crippen LogP contribution is -2.01. The molecule has 0 amide bonds. The lowest BCUT2D eigenvalue weighted by molar-refractivity contribution is 0.631. The third-order valence-corrected chi connectivity index (χ3v) is 4.36. The molecule has 0 aliphatic carbocycles. The van der Waals surface area contributed by atoms with E-state index in [9.17, 15) is 4.39 Å². The van der Waals surface area contributed by atoms with E-state index in [1.54, 1.807) is 24.7 Å². The van der Waals surface area contributed by atoms with Gasteiger partial charge in [-0.25, -0.2) is 4.39 Å². The van der Waals surface area contributed by atoms with Crippen LogP contribution in [0.15, 0.2) is 47.7 Å². The zero-order valence-corrected chi connectivity index (χ0v) is 14.2. The molecule has 6 heteroatoms. The number of aryl methyl sites for hydroxylation is 1. The van der Waals surface area contributed by atoms with E-state index < -0.39 is 0 Å². The van der Waals surface area contributed by atoms with Gasteiger partial charge in [-0.2, -0.15) is 0 Å². The summed E-state index contributed by atoms with van der Waals surface area (Å²) in [6, 6.07) is 8.18. The summed E-state index contributed by atoms with van der Waals surface area (Å²) in [7, 11) is 0. The molecule has 3 aromatic rings. The monoisotopic (exact) mass is 352 g/mol. The zero-order valence-electron chi connectivity index (χ0n) is 13.4. The first kappa shape index (κ1) is 15.7. The molecule has 0 bridgehead atoms. The smallest absolute Gasteiger partial charge is 0.132 e. The fourth-order valence-corrected chi connectivity index (χ4v) is 2.94. The van der Waals surface area contributed by atoms with E-state index in [0.717, 1.165) is 28.2 Å². The predicted molar refractivity (Wildman–Crippen MR) is 98.2 cm³/mol. The first-order chi connectivity index (χ1) is 12.1. The molecular weight excluding hydrogens is 339 g/mol. The second-order valence-electron chi connectivity index (χ2n) is 5.83. The minimum Gasteiger partial charge on any atom is -0.355 e. The van der Waals surface area contributed by atoms with Crippen molar-refractivity contribution in [3.63, 3.8) is 0 Å². The van der Waals surface area contributed by atoms with Crippen LogP contribution in [-0.2, 0) is 6.54 Å². The number of pyridine rings is 2. The average molecular weight is 353 g/mol. The van der Waals surface area contributed by atoms with Crippen molar-refractivity contribution in [3.05, 3.63) is 70.4 Å². The van der Waals surface area contributed by atoms with Crippen LogP contribution < -0.4 is 5.32 Å². The zero-order chi connectivity index (χ0) is 17.4. The number of halogens is 2. The number of aromatic nitrogens is 2. The lowest BCUT2D eigenvalue weighted by atomic mass is 10.1. The molecule has 1 aliphatic heterocycles. The summed E-state index contributed by atoms with van der Waals surface area (Å²) in [5.41, 5.74) is 5.57. The van der Waals surface area contributed by atoms with E-state index >= 15 is 0 Å². The Bertz CT molecular complexity index is 1000. The van der Waals surface area contributed by atoms with E-state index in [-0.39, 0.29) is 5.82 Å². The molecule has 4 nitrogen and oxygen atoms in total. The lowest BCUT2D eigenvalue weighted by Gasteiger charge is -2.14. The SMILES string of the molecule is Cc1cnc(-c2cc(Cl)ccc2F)cc1Nc1ccnc2c1CN=C2. The van der Waals surface area contributed by atoms with Crippen molar-refractivity contribution in [2.45, 2.75) is 13.5 Å². The molecule has 0 unspecified atom stereocenters. The van der Waals surface area contributed by atoms with Gasteiger partial charge in [-0.1, -0.05) is 11.6 Å². The maximum absolute atomic E-state index is 14.2. The number of rotatable bonds is 3. The average Bonchev–Trinajstić information content (AvgIpc) is 3.09. The van der Waals surface area contributed by atoms with Crippen LogP contribution >= 0.6 is 11.6 Å². The van der Waals surface area contributed by atoms with Gasteiger partial charge < -0.3 is 5.32 Å². The van der Waals surface area contributed by atoms with Crippen LogP contribution in [0.25, 0.3) is 11.3 Å². The number of benzene rings is 1. The van der Waals surface area contributed by atoms with E-state index in [2.05, 4.69) is 20.3 Å². The minimum absolute atomic E-state index is 0.357. The minimum atomic E-state index is -0.357. The fourth-order valence-electron chi connectivity index (χ4n) is 2.77. The Balaban J connectivity index is 1.74. The molecule has 0 saturated carbocycles. The van der Waals surface area contributed by atoms with Gasteiger partial charge in [0.25, 0.3) is 0 Å². The van der Waals surface area contributed by atoms with Gasteiger partial charge in [0.1, 0.15) is 5.82 Å². The number of aliphatic imine (C=N–C) groups is 1. The summed E-state index contributed by atoms with van der Waals surface area (Å²) >= 11 is 6.00. The Morgan fingerprint density at radius 3 is 2.88 bits per heavy atom. The van der Waals surface area contributed by atoms with Gasteiger partial charge >= 0.3 is 0 Å². The summed E-state index contributed by atoms with van der Waals surface area (Å²) in [6.45, 7) is 2.55. The summed E-state index contributed by atoms with van der Waals surface area (Å²) in [4.78, 5) is 12.9. The third-order valence-electron chi connectivity index (χ3n) is 4.13. The third kappa shape index (κ3) is 2.98. The largest absolute Gasteiger partial charge is 0.355 e. The van der Waals surface area contributed by atoms with Gasteiger partial charge in [0.05, 0.1) is 17.9 Å². The van der Waals surface area contributed by atoms with E-state index in [1.807, 2.05) is 19.1 Å². The fraction of sp³-hybridized carbons (Fsp3) is 0.105. The van der Waals surface area contributed by atoms with Crippen LogP contribution in [0, 0.1) is 12.7 Å². The number of fused-ring (bicyclic) bond motifs is 1. The highest BCUT2D eigenvalue weighted by Crippen LogP contribution is 2.31. The molecule has 0 atom stereocenters. The first-order valence-corrected chi connectivity index (χ1v) is 8.16. The van der Waals surface area contributed by atoms with Crippen molar-refractivity contribution in [1.82, 2.24) is 9.97 Å². The van der Waals surface area contributed by atoms with Crippen LogP contribution in [0.4, 0.5) is 15.8 Å². The molecule has 124 valence electrons. The second kappa shape index (κ2) is 6.26. The van der Waals surface area contributed by atoms with Crippen LogP contribution in [0.1, 0.15) is 16.8 Å². The van der Waals surface area contributed by atoms with Gasteiger partial charge in [-0.05, 0) is 42.8 Å². The Morgan fingerprint density at radius 2 is 2.00 bits per heavy atom. The van der Waals surface area contributed by atoms with Crippen molar-refractivity contribution in [2.24, 2.45) is 4.99 Å². The van der Waals surface area contributed by atoms with E-state index in [0.29, 0.717) is 22.8 Å². The molecule has 25 heavy (non-hydrogen) atoms. The number of nitrogens with zero attached hydrogens (tertiary/aromatic N) is 3. The number of anilines is 2. The molecule has 1 N–H and O–H groups in total. The Labute approximate surface area is 149 Å². The number of hydrogen-bond acceptors (Lipinski definition) is 4. The van der Waals surface area contributed by atoms with E-state index in [4.69, 9.17) is 11.6 Å². The highest BCUT2D eigenvalue weighted by molar-refractivity contribution is 6.30. The van der Waals surface area contributed by atoms with Gasteiger partial charge in [-0.3, -0.25) is 15.0 Å². The summed E-state index contributed by atoms with van der Waals surface area (Å²) in [5.74, 6) is -0.357. The molecule has 1 aliphatic rings. The van der Waals surface area contributed by atoms with Crippen LogP contribution in [0.5, 0.6) is 0 Å². The topological polar surface area (TPSA) is 50.2 Å². The number of hydrogen-bond donors (Lipinski definition) is 1. The molecule has 0 spiro atoms. The molecule has 0 fully saturated rings. The van der Waals surface area contributed by atoms with E-state index in [1.165, 1.54) is 12.1 Å². The van der Waals surface area contributed by atoms with Crippen LogP contribution in [-0.4, -0.2) is 16.2 Å². The van der Waals surface area contributed by atoms with Crippen molar-refractivity contribution < 1.29 is 4.39 Å². The van der Waals surface area contributed by atoms with Crippen LogP contribution in [0.2, 0.25) is 5.02 Å². The van der Waals surface area contributed by atoms with Crippen molar-refractivity contribution >= 4 is 29.2 Å². The molecule has 1 aromatic carbocycles. The first-order valence-electron chi connectivity index (χ1n) is 7.78. The summed E-state index contributed by atoms with van der Waals surface area (Å²) in [5, 5.41) is 3.87. The van der Waals surface area contributed by atoms with Gasteiger partial charge in [0.15, 0.2) is 0 Å². The highest BCUT2D eigenvalue weighted by Gasteiger charge is 2.14. The van der Waals surface area contributed by atoms with Crippen molar-refractivity contribution in [1.29, 1.82) is 0 Å². The van der Waals surface area contributed by atoms with Crippen molar-refractivity contribution in [3.8, 4) is 11.3 Å².